The summed E-state index contributed by atoms with van der Waals surface area (Å²) in [5.41, 5.74) is 0. The van der Waals surface area contributed by atoms with Gasteiger partial charge in [0.05, 0.1) is 0 Å². The Bertz CT molecular complexity index is 10.8. The largest absolute Gasteiger partial charge is 2.00 e. The van der Waals surface area contributed by atoms with Crippen molar-refractivity contribution in [1.82, 2.24) is 0 Å². The Hall–Kier alpha value is 1.18. The van der Waals surface area contributed by atoms with Crippen molar-refractivity contribution in [3.63, 3.8) is 0 Å². The Morgan fingerprint density at radius 3 is 1.75 bits per heavy atom. The van der Waals surface area contributed by atoms with Crippen LogP contribution in [0, 0.1) is 13.5 Å². The van der Waals surface area contributed by atoms with Crippen molar-refractivity contribution in [1.29, 1.82) is 0 Å². The number of rotatable bonds is 0. The van der Waals surface area contributed by atoms with E-state index in [4.69, 9.17) is 0 Å². The van der Waals surface area contributed by atoms with Gasteiger partial charge in [0.15, 0.2) is 0 Å². The van der Waals surface area contributed by atoms with Crippen molar-refractivity contribution >= 4 is 48.9 Å². The van der Waals surface area contributed by atoms with Crippen LogP contribution in [0.4, 0.5) is 0 Å². The second-order valence-electron chi connectivity index (χ2n) is 0.236. The van der Waals surface area contributed by atoms with Crippen LogP contribution < -0.4 is 0 Å². The van der Waals surface area contributed by atoms with Crippen molar-refractivity contribution in [2.45, 2.75) is 0 Å². The van der Waals surface area contributed by atoms with E-state index in [9.17, 15) is 0 Å². The van der Waals surface area contributed by atoms with Gasteiger partial charge in [-0.15, -0.1) is 0 Å². The molecule has 0 N–H and O–H groups in total. The predicted molar refractivity (Wildman–Crippen MR) is 20.0 cm³/mol. The third-order valence-corrected chi connectivity index (χ3v) is 0. The maximum atomic E-state index is 4.61. The van der Waals surface area contributed by atoms with Crippen LogP contribution in [0.15, 0.2) is 6.08 Å². The van der Waals surface area contributed by atoms with Gasteiger partial charge in [-0.25, -0.2) is 0 Å². The smallest absolute Gasteiger partial charge is 0.549 e. The molecule has 0 fully saturated rings. The van der Waals surface area contributed by atoms with E-state index in [1.807, 2.05) is 0 Å². The molecule has 4 heavy (non-hydrogen) atoms. The summed E-state index contributed by atoms with van der Waals surface area (Å²) in [7, 11) is 0. The molecule has 0 aromatic carbocycles. The summed E-state index contributed by atoms with van der Waals surface area (Å²) in [5.74, 6) is 0. The number of hydrogen-bond acceptors (Lipinski definition) is 0. The molecule has 0 rings (SSSR count). The first-order valence-corrected chi connectivity index (χ1v) is 0.742. The summed E-state index contributed by atoms with van der Waals surface area (Å²) in [5, 5.41) is 0. The molecule has 0 radical (unpaired) electrons. The Balaban J connectivity index is 0. The SMILES string of the molecule is [Ba+2].[CH-]=C[CH2-]. The van der Waals surface area contributed by atoms with E-state index >= 15 is 0 Å². The van der Waals surface area contributed by atoms with E-state index in [1.54, 1.807) is 0 Å². The van der Waals surface area contributed by atoms with Crippen LogP contribution in [0.5, 0.6) is 0 Å². The van der Waals surface area contributed by atoms with Gasteiger partial charge in [0.25, 0.3) is 0 Å². The molecular weight excluding hydrogens is 173 g/mol. The van der Waals surface area contributed by atoms with Gasteiger partial charge in [-0.05, 0) is 0 Å². The van der Waals surface area contributed by atoms with Gasteiger partial charge >= 0.3 is 48.9 Å². The first-order valence-electron chi connectivity index (χ1n) is 0.742. The summed E-state index contributed by atoms with van der Waals surface area (Å²) in [6, 6.07) is 0. The molecule has 0 nitrogen and oxygen atoms in total. The zero-order chi connectivity index (χ0) is 2.71. The Labute approximate surface area is 67.4 Å². The molecule has 1 heteroatoms. The fourth-order valence-electron chi connectivity index (χ4n) is 0. The summed E-state index contributed by atoms with van der Waals surface area (Å²) < 4.78 is 0. The summed E-state index contributed by atoms with van der Waals surface area (Å²) >= 11 is 0. The Morgan fingerprint density at radius 2 is 1.75 bits per heavy atom. The third-order valence-electron chi connectivity index (χ3n) is 0. The summed E-state index contributed by atoms with van der Waals surface area (Å²) in [4.78, 5) is 0. The van der Waals surface area contributed by atoms with Crippen molar-refractivity contribution in [3.05, 3.63) is 19.6 Å². The van der Waals surface area contributed by atoms with E-state index in [0.29, 0.717) is 0 Å². The van der Waals surface area contributed by atoms with Crippen LogP contribution in [-0.4, -0.2) is 48.9 Å². The molecule has 0 saturated carbocycles. The first-order chi connectivity index (χ1) is 1.41. The normalized spacial score (nSPS) is 3.00. The maximum Gasteiger partial charge on any atom is 2.00 e. The fourth-order valence-corrected chi connectivity index (χ4v) is 0. The molecule has 0 aromatic rings. The molecular formula is C3H4Ba. The number of hydrogen-bond donors (Lipinski definition) is 0. The molecule has 0 atom stereocenters. The topological polar surface area (TPSA) is 0 Å². The monoisotopic (exact) mass is 178 g/mol. The van der Waals surface area contributed by atoms with E-state index in [0.717, 1.165) is 0 Å². The van der Waals surface area contributed by atoms with E-state index < -0.39 is 0 Å². The van der Waals surface area contributed by atoms with Crippen LogP contribution in [0.25, 0.3) is 0 Å². The Kier molecular flexibility index (Phi) is 19.9. The van der Waals surface area contributed by atoms with Crippen molar-refractivity contribution in [2.24, 2.45) is 0 Å². The zero-order valence-corrected chi connectivity index (χ0v) is 7.01. The Morgan fingerprint density at radius 1 is 1.75 bits per heavy atom. The molecule has 0 bridgehead atoms. The van der Waals surface area contributed by atoms with Crippen LogP contribution >= 0.6 is 0 Å². The molecule has 0 spiro atoms. The van der Waals surface area contributed by atoms with Gasteiger partial charge in [0, 0.05) is 0 Å². The minimum Gasteiger partial charge on any atom is -0.549 e. The molecule has 0 aliphatic rings. The van der Waals surface area contributed by atoms with E-state index in [1.165, 1.54) is 6.08 Å². The quantitative estimate of drug-likeness (QED) is 0.372. The van der Waals surface area contributed by atoms with Crippen LogP contribution in [-0.2, 0) is 0 Å². The first kappa shape index (κ1) is 8.95. The second kappa shape index (κ2) is 8.89. The van der Waals surface area contributed by atoms with Gasteiger partial charge < -0.3 is 19.6 Å². The summed E-state index contributed by atoms with van der Waals surface area (Å²) in [6.45, 7) is 7.75. The predicted octanol–water partition coefficient (Wildman–Crippen LogP) is 0.429. The van der Waals surface area contributed by atoms with Crippen LogP contribution in [0.1, 0.15) is 0 Å². The van der Waals surface area contributed by atoms with Crippen molar-refractivity contribution in [2.75, 3.05) is 0 Å². The molecule has 0 aromatic heterocycles. The second-order valence-corrected chi connectivity index (χ2v) is 0.236. The molecule has 0 aliphatic heterocycles. The minimum atomic E-state index is 0. The molecule has 0 heterocycles. The van der Waals surface area contributed by atoms with Crippen LogP contribution in [0.3, 0.4) is 0 Å². The van der Waals surface area contributed by atoms with E-state index in [-0.39, 0.29) is 48.9 Å². The molecule has 0 saturated heterocycles. The van der Waals surface area contributed by atoms with Crippen LogP contribution in [0.2, 0.25) is 0 Å². The standard InChI is InChI=1S/C3H4.Ba/c1-3-2;/h1,3H,2H2;/q-2;+2. The summed E-state index contributed by atoms with van der Waals surface area (Å²) in [6.07, 6.45) is 1.25. The zero-order valence-electron chi connectivity index (χ0n) is 2.57. The van der Waals surface area contributed by atoms with Gasteiger partial charge in [-0.1, -0.05) is 0 Å². The van der Waals surface area contributed by atoms with Gasteiger partial charge in [0.1, 0.15) is 0 Å². The van der Waals surface area contributed by atoms with Crippen molar-refractivity contribution < 1.29 is 0 Å². The van der Waals surface area contributed by atoms with Gasteiger partial charge in [0.2, 0.25) is 0 Å². The molecule has 0 aliphatic carbocycles. The maximum absolute atomic E-state index is 4.61. The minimum absolute atomic E-state index is 0. The molecule has 18 valence electrons. The van der Waals surface area contributed by atoms with Gasteiger partial charge in [-0.3, -0.25) is 0 Å². The van der Waals surface area contributed by atoms with Gasteiger partial charge in [-0.2, -0.15) is 0 Å². The number of allylic oxidation sites excluding steroid dienone is 1. The average Bonchev–Trinajstić information content (AvgIpc) is 0.918. The van der Waals surface area contributed by atoms with Crippen molar-refractivity contribution in [3.8, 4) is 0 Å². The average molecular weight is 177 g/mol. The molecule has 0 unspecified atom stereocenters. The fraction of sp³-hybridized carbons (Fsp3) is 0. The van der Waals surface area contributed by atoms with E-state index in [2.05, 4.69) is 13.5 Å². The molecule has 0 amide bonds. The third kappa shape index (κ3) is 10.8.